The lowest BCUT2D eigenvalue weighted by atomic mass is 9.94. The molecule has 0 N–H and O–H groups in total. The summed E-state index contributed by atoms with van der Waals surface area (Å²) in [6.45, 7) is 1.96. The van der Waals surface area contributed by atoms with Crippen LogP contribution in [-0.2, 0) is 12.8 Å². The Bertz CT molecular complexity index is 696. The molecule has 1 heterocycles. The van der Waals surface area contributed by atoms with Crippen molar-refractivity contribution in [3.05, 3.63) is 23.0 Å². The monoisotopic (exact) mass is 312 g/mol. The van der Waals surface area contributed by atoms with Gasteiger partial charge in [-0.2, -0.15) is 10.1 Å². The topological polar surface area (TPSA) is 61.0 Å². The Morgan fingerprint density at radius 3 is 2.61 bits per heavy atom. The average molecular weight is 312 g/mol. The Morgan fingerprint density at radius 1 is 1.17 bits per heavy atom. The molecule has 6 heteroatoms. The summed E-state index contributed by atoms with van der Waals surface area (Å²) in [5.74, 6) is 0. The standard InChI is InChI=1S/C17H24N6/c1-21(2)9-6-10-22(3)23-17-14-8-5-4-7-13(14)15(11-18)16(17)19-12-20-23/h12H,4-10H2,1-3H3. The van der Waals surface area contributed by atoms with Crippen molar-refractivity contribution < 1.29 is 0 Å². The molecular formula is C17H24N6. The molecule has 0 fully saturated rings. The van der Waals surface area contributed by atoms with Crippen LogP contribution in [0.3, 0.4) is 0 Å². The van der Waals surface area contributed by atoms with Gasteiger partial charge in [0.1, 0.15) is 23.8 Å². The van der Waals surface area contributed by atoms with Crippen molar-refractivity contribution in [1.82, 2.24) is 19.8 Å². The summed E-state index contributed by atoms with van der Waals surface area (Å²) in [5, 5.41) is 16.2. The minimum absolute atomic E-state index is 0.757. The molecule has 0 unspecified atom stereocenters. The molecule has 0 bridgehead atoms. The summed E-state index contributed by atoms with van der Waals surface area (Å²) in [6, 6.07) is 2.37. The Labute approximate surface area is 137 Å². The molecule has 0 aromatic carbocycles. The van der Waals surface area contributed by atoms with Gasteiger partial charge in [0.25, 0.3) is 0 Å². The second-order valence-corrected chi connectivity index (χ2v) is 6.54. The fourth-order valence-electron chi connectivity index (χ4n) is 3.47. The third-order valence-corrected chi connectivity index (χ3v) is 4.59. The highest BCUT2D eigenvalue weighted by molar-refractivity contribution is 5.76. The maximum absolute atomic E-state index is 9.57. The molecular weight excluding hydrogens is 288 g/mol. The lowest BCUT2D eigenvalue weighted by Crippen LogP contribution is -2.36. The summed E-state index contributed by atoms with van der Waals surface area (Å²) >= 11 is 0. The van der Waals surface area contributed by atoms with E-state index in [1.165, 1.54) is 17.5 Å². The Balaban J connectivity index is 1.97. The van der Waals surface area contributed by atoms with Crippen molar-refractivity contribution in [2.75, 3.05) is 39.2 Å². The maximum Gasteiger partial charge on any atom is 0.138 e. The molecule has 0 radical (unpaired) electrons. The molecule has 23 heavy (non-hydrogen) atoms. The minimum atomic E-state index is 0.757. The third-order valence-electron chi connectivity index (χ3n) is 4.59. The second-order valence-electron chi connectivity index (χ2n) is 6.54. The van der Waals surface area contributed by atoms with E-state index in [-0.39, 0.29) is 0 Å². The largest absolute Gasteiger partial charge is 0.309 e. The number of rotatable bonds is 5. The van der Waals surface area contributed by atoms with E-state index in [2.05, 4.69) is 47.2 Å². The zero-order valence-electron chi connectivity index (χ0n) is 14.2. The molecule has 1 aliphatic heterocycles. The van der Waals surface area contributed by atoms with Gasteiger partial charge in [-0.25, -0.2) is 4.98 Å². The lowest BCUT2D eigenvalue weighted by Gasteiger charge is -2.25. The van der Waals surface area contributed by atoms with E-state index >= 15 is 0 Å². The number of hydrogen-bond donors (Lipinski definition) is 0. The van der Waals surface area contributed by atoms with Gasteiger partial charge in [0, 0.05) is 13.6 Å². The van der Waals surface area contributed by atoms with Gasteiger partial charge in [-0.05, 0) is 63.9 Å². The zero-order valence-corrected chi connectivity index (χ0v) is 14.2. The van der Waals surface area contributed by atoms with Gasteiger partial charge in [0.15, 0.2) is 0 Å². The first-order valence-corrected chi connectivity index (χ1v) is 8.27. The molecule has 0 saturated heterocycles. The highest BCUT2D eigenvalue weighted by atomic mass is 15.6. The molecule has 0 aromatic heterocycles. The highest BCUT2D eigenvalue weighted by Gasteiger charge is 2.29. The van der Waals surface area contributed by atoms with E-state index < -0.39 is 0 Å². The summed E-state index contributed by atoms with van der Waals surface area (Å²) in [4.78, 5) is 8.55. The van der Waals surface area contributed by atoms with Crippen molar-refractivity contribution in [3.63, 3.8) is 0 Å². The van der Waals surface area contributed by atoms with Gasteiger partial charge in [-0.15, -0.1) is 5.10 Å². The Morgan fingerprint density at radius 2 is 1.91 bits per heavy atom. The first kappa shape index (κ1) is 15.8. The fraction of sp³-hybridized carbons (Fsp3) is 0.588. The molecule has 3 rings (SSSR count). The third kappa shape index (κ3) is 2.89. The first-order chi connectivity index (χ1) is 11.1. The van der Waals surface area contributed by atoms with Crippen molar-refractivity contribution in [3.8, 4) is 17.5 Å². The predicted molar refractivity (Wildman–Crippen MR) is 90.2 cm³/mol. The van der Waals surface area contributed by atoms with Crippen LogP contribution in [0.5, 0.6) is 0 Å². The van der Waals surface area contributed by atoms with Crippen LogP contribution in [0.15, 0.2) is 6.33 Å². The molecule has 0 spiro atoms. The number of hydrogen-bond acceptors (Lipinski definition) is 5. The van der Waals surface area contributed by atoms with E-state index in [1.807, 2.05) is 4.79 Å². The smallest absolute Gasteiger partial charge is 0.138 e. The van der Waals surface area contributed by atoms with Crippen LogP contribution in [0.25, 0.3) is 11.4 Å². The van der Waals surface area contributed by atoms with Crippen LogP contribution in [0.1, 0.15) is 36.0 Å². The van der Waals surface area contributed by atoms with Crippen LogP contribution < -0.4 is 5.01 Å². The summed E-state index contributed by atoms with van der Waals surface area (Å²) in [6.07, 6.45) is 6.97. The van der Waals surface area contributed by atoms with Gasteiger partial charge in [-0.1, -0.05) is 0 Å². The van der Waals surface area contributed by atoms with E-state index in [1.54, 1.807) is 6.33 Å². The second kappa shape index (κ2) is 6.55. The molecule has 0 atom stereocenters. The maximum atomic E-state index is 9.57. The van der Waals surface area contributed by atoms with E-state index in [0.717, 1.165) is 55.7 Å². The number of aromatic nitrogens is 3. The lowest BCUT2D eigenvalue weighted by molar-refractivity contribution is 0.392. The normalized spacial score (nSPS) is 14.0. The summed E-state index contributed by atoms with van der Waals surface area (Å²) < 4.78 is 0. The van der Waals surface area contributed by atoms with Crippen LogP contribution in [0, 0.1) is 11.3 Å². The van der Waals surface area contributed by atoms with Crippen molar-refractivity contribution in [1.29, 1.82) is 5.26 Å². The summed E-state index contributed by atoms with van der Waals surface area (Å²) in [7, 11) is 6.22. The molecule has 0 saturated carbocycles. The van der Waals surface area contributed by atoms with Gasteiger partial charge >= 0.3 is 0 Å². The van der Waals surface area contributed by atoms with Gasteiger partial charge < -0.3 is 4.90 Å². The van der Waals surface area contributed by atoms with Crippen LogP contribution in [0.4, 0.5) is 0 Å². The number of fused-ring (bicyclic) bond motifs is 3. The zero-order chi connectivity index (χ0) is 16.4. The predicted octanol–water partition coefficient (Wildman–Crippen LogP) is 1.65. The van der Waals surface area contributed by atoms with E-state index in [9.17, 15) is 5.26 Å². The quantitative estimate of drug-likeness (QED) is 0.840. The fourth-order valence-corrected chi connectivity index (χ4v) is 3.47. The molecule has 122 valence electrons. The number of nitriles is 1. The van der Waals surface area contributed by atoms with Crippen LogP contribution in [0.2, 0.25) is 0 Å². The molecule has 6 nitrogen and oxygen atoms in total. The van der Waals surface area contributed by atoms with Gasteiger partial charge in [0.2, 0.25) is 0 Å². The van der Waals surface area contributed by atoms with Crippen molar-refractivity contribution in [2.24, 2.45) is 0 Å². The SMILES string of the molecule is CN(C)CCCN(C)n1ncnc2c(C#N)c3c(c1-2)CCCC3. The molecule has 0 aromatic rings. The molecule has 0 amide bonds. The van der Waals surface area contributed by atoms with E-state index in [0.29, 0.717) is 0 Å². The van der Waals surface area contributed by atoms with E-state index in [4.69, 9.17) is 0 Å². The molecule has 3 aliphatic rings. The number of nitrogens with zero attached hydrogens (tertiary/aromatic N) is 6. The van der Waals surface area contributed by atoms with Gasteiger partial charge in [-0.3, -0.25) is 5.01 Å². The van der Waals surface area contributed by atoms with Crippen LogP contribution in [-0.4, -0.2) is 54.0 Å². The van der Waals surface area contributed by atoms with Crippen molar-refractivity contribution in [2.45, 2.75) is 32.1 Å². The first-order valence-electron chi connectivity index (χ1n) is 8.27. The van der Waals surface area contributed by atoms with Gasteiger partial charge in [0.05, 0.1) is 5.56 Å². The Kier molecular flexibility index (Phi) is 4.49. The Hall–Kier alpha value is -2.13. The highest BCUT2D eigenvalue weighted by Crippen LogP contribution is 2.38. The average Bonchev–Trinajstić information content (AvgIpc) is 2.88. The van der Waals surface area contributed by atoms with Crippen molar-refractivity contribution >= 4 is 0 Å². The molecule has 2 aliphatic carbocycles. The summed E-state index contributed by atoms with van der Waals surface area (Å²) in [5.41, 5.74) is 5.08. The minimum Gasteiger partial charge on any atom is -0.309 e. The van der Waals surface area contributed by atoms with Crippen LogP contribution >= 0.6 is 0 Å².